The van der Waals surface area contributed by atoms with E-state index < -0.39 is 0 Å². The van der Waals surface area contributed by atoms with Gasteiger partial charge >= 0.3 is 0 Å². The molecular formula is C20H24N2O. The summed E-state index contributed by atoms with van der Waals surface area (Å²) in [5.41, 5.74) is 3.62. The summed E-state index contributed by atoms with van der Waals surface area (Å²) in [6.45, 7) is 6.15. The van der Waals surface area contributed by atoms with Gasteiger partial charge in [-0.1, -0.05) is 38.1 Å². The Labute approximate surface area is 137 Å². The number of aromatic nitrogens is 2. The summed E-state index contributed by atoms with van der Waals surface area (Å²) in [6, 6.07) is 16.7. The lowest BCUT2D eigenvalue weighted by atomic mass is 10.0. The van der Waals surface area contributed by atoms with E-state index >= 15 is 0 Å². The van der Waals surface area contributed by atoms with Crippen LogP contribution in [0.2, 0.25) is 0 Å². The molecule has 1 aromatic heterocycles. The average molecular weight is 308 g/mol. The Balaban J connectivity index is 1.43. The summed E-state index contributed by atoms with van der Waals surface area (Å²) in [5.74, 6) is 1.52. The number of hydrogen-bond donors (Lipinski definition) is 0. The summed E-state index contributed by atoms with van der Waals surface area (Å²) < 4.78 is 8.04. The number of unbranched alkanes of at least 4 members (excludes halogenated alkanes) is 1. The van der Waals surface area contributed by atoms with Crippen LogP contribution in [0.3, 0.4) is 0 Å². The van der Waals surface area contributed by atoms with E-state index in [4.69, 9.17) is 4.74 Å². The van der Waals surface area contributed by atoms with Crippen molar-refractivity contribution in [3.63, 3.8) is 0 Å². The molecule has 120 valence electrons. The van der Waals surface area contributed by atoms with E-state index in [0.717, 1.165) is 37.3 Å². The van der Waals surface area contributed by atoms with Gasteiger partial charge in [-0.25, -0.2) is 4.98 Å². The number of fused-ring (bicyclic) bond motifs is 1. The molecule has 3 aromatic rings. The van der Waals surface area contributed by atoms with Crippen molar-refractivity contribution in [2.45, 2.75) is 39.2 Å². The minimum Gasteiger partial charge on any atom is -0.494 e. The first-order chi connectivity index (χ1) is 11.2. The van der Waals surface area contributed by atoms with Crippen molar-refractivity contribution in [2.75, 3.05) is 6.61 Å². The van der Waals surface area contributed by atoms with Gasteiger partial charge in [0.05, 0.1) is 24.0 Å². The van der Waals surface area contributed by atoms with Gasteiger partial charge in [-0.3, -0.25) is 0 Å². The van der Waals surface area contributed by atoms with E-state index in [1.165, 1.54) is 11.1 Å². The van der Waals surface area contributed by atoms with E-state index in [1.807, 2.05) is 12.4 Å². The quantitative estimate of drug-likeness (QED) is 0.573. The number of hydrogen-bond acceptors (Lipinski definition) is 2. The molecule has 2 aromatic carbocycles. The van der Waals surface area contributed by atoms with Crippen LogP contribution in [-0.4, -0.2) is 16.2 Å². The fourth-order valence-corrected chi connectivity index (χ4v) is 2.71. The molecule has 0 bridgehead atoms. The van der Waals surface area contributed by atoms with Crippen molar-refractivity contribution < 1.29 is 4.74 Å². The van der Waals surface area contributed by atoms with Crippen molar-refractivity contribution in [2.24, 2.45) is 0 Å². The molecule has 0 saturated heterocycles. The van der Waals surface area contributed by atoms with Crippen LogP contribution in [0.5, 0.6) is 5.75 Å². The zero-order valence-corrected chi connectivity index (χ0v) is 13.9. The zero-order valence-electron chi connectivity index (χ0n) is 13.9. The molecule has 3 heteroatoms. The SMILES string of the molecule is CC(C)c1ccc(OCCCCn2cnc3ccccc32)cc1. The van der Waals surface area contributed by atoms with Gasteiger partial charge < -0.3 is 9.30 Å². The van der Waals surface area contributed by atoms with Crippen LogP contribution < -0.4 is 4.74 Å². The standard InChI is InChI=1S/C20H24N2O/c1-16(2)17-9-11-18(12-10-17)23-14-6-5-13-22-15-21-19-7-3-4-8-20(19)22/h3-4,7-12,15-16H,5-6,13-14H2,1-2H3. The van der Waals surface area contributed by atoms with Crippen molar-refractivity contribution in [1.29, 1.82) is 0 Å². The Kier molecular flexibility index (Phi) is 4.96. The highest BCUT2D eigenvalue weighted by molar-refractivity contribution is 5.74. The van der Waals surface area contributed by atoms with Crippen LogP contribution in [-0.2, 0) is 6.54 Å². The number of rotatable bonds is 7. The smallest absolute Gasteiger partial charge is 0.119 e. The summed E-state index contributed by atoms with van der Waals surface area (Å²) in [6.07, 6.45) is 4.05. The fraction of sp³-hybridized carbons (Fsp3) is 0.350. The Bertz CT molecular complexity index is 744. The predicted octanol–water partition coefficient (Wildman–Crippen LogP) is 5.02. The Morgan fingerprint density at radius 3 is 2.57 bits per heavy atom. The van der Waals surface area contributed by atoms with Crippen molar-refractivity contribution in [1.82, 2.24) is 9.55 Å². The molecule has 0 aliphatic heterocycles. The second-order valence-corrected chi connectivity index (χ2v) is 6.21. The van der Waals surface area contributed by atoms with Crippen LogP contribution in [0.4, 0.5) is 0 Å². The molecule has 0 spiro atoms. The van der Waals surface area contributed by atoms with Crippen LogP contribution in [0.1, 0.15) is 38.2 Å². The predicted molar refractivity (Wildman–Crippen MR) is 95.0 cm³/mol. The maximum absolute atomic E-state index is 5.82. The van der Waals surface area contributed by atoms with Crippen molar-refractivity contribution in [3.05, 3.63) is 60.4 Å². The number of imidazole rings is 1. The van der Waals surface area contributed by atoms with E-state index in [-0.39, 0.29) is 0 Å². The molecule has 0 saturated carbocycles. The largest absolute Gasteiger partial charge is 0.494 e. The van der Waals surface area contributed by atoms with E-state index in [9.17, 15) is 0 Å². The Hall–Kier alpha value is -2.29. The van der Waals surface area contributed by atoms with Crippen molar-refractivity contribution >= 4 is 11.0 Å². The number of ether oxygens (including phenoxy) is 1. The highest BCUT2D eigenvalue weighted by atomic mass is 16.5. The maximum atomic E-state index is 5.82. The molecule has 0 unspecified atom stereocenters. The topological polar surface area (TPSA) is 27.1 Å². The summed E-state index contributed by atoms with van der Waals surface area (Å²) in [7, 11) is 0. The van der Waals surface area contributed by atoms with Gasteiger partial charge in [0.25, 0.3) is 0 Å². The molecule has 0 amide bonds. The van der Waals surface area contributed by atoms with Gasteiger partial charge in [-0.15, -0.1) is 0 Å². The number of nitrogens with zero attached hydrogens (tertiary/aromatic N) is 2. The third kappa shape index (κ3) is 3.92. The van der Waals surface area contributed by atoms with E-state index in [0.29, 0.717) is 5.92 Å². The number of benzene rings is 2. The molecule has 0 fully saturated rings. The second-order valence-electron chi connectivity index (χ2n) is 6.21. The molecule has 0 radical (unpaired) electrons. The first-order valence-corrected chi connectivity index (χ1v) is 8.36. The van der Waals surface area contributed by atoms with Gasteiger partial charge in [0.15, 0.2) is 0 Å². The fourth-order valence-electron chi connectivity index (χ4n) is 2.71. The summed E-state index contributed by atoms with van der Waals surface area (Å²) >= 11 is 0. The third-order valence-corrected chi connectivity index (χ3v) is 4.14. The summed E-state index contributed by atoms with van der Waals surface area (Å²) in [4.78, 5) is 4.42. The minimum absolute atomic E-state index is 0.564. The Morgan fingerprint density at radius 1 is 1.00 bits per heavy atom. The molecule has 3 nitrogen and oxygen atoms in total. The van der Waals surface area contributed by atoms with Gasteiger partial charge in [-0.05, 0) is 48.6 Å². The molecular weight excluding hydrogens is 284 g/mol. The first kappa shape index (κ1) is 15.6. The average Bonchev–Trinajstić information content (AvgIpc) is 2.98. The highest BCUT2D eigenvalue weighted by Crippen LogP contribution is 2.19. The molecule has 0 aliphatic rings. The van der Waals surface area contributed by atoms with Gasteiger partial charge in [0.1, 0.15) is 5.75 Å². The molecule has 0 N–H and O–H groups in total. The lowest BCUT2D eigenvalue weighted by Gasteiger charge is -2.09. The van der Waals surface area contributed by atoms with Gasteiger partial charge in [-0.2, -0.15) is 0 Å². The van der Waals surface area contributed by atoms with E-state index in [1.54, 1.807) is 0 Å². The highest BCUT2D eigenvalue weighted by Gasteiger charge is 2.02. The lowest BCUT2D eigenvalue weighted by Crippen LogP contribution is -2.01. The number of aryl methyl sites for hydroxylation is 1. The first-order valence-electron chi connectivity index (χ1n) is 8.36. The van der Waals surface area contributed by atoms with Crippen LogP contribution >= 0.6 is 0 Å². The minimum atomic E-state index is 0.564. The van der Waals surface area contributed by atoms with E-state index in [2.05, 4.69) is 65.9 Å². The number of para-hydroxylation sites is 2. The molecule has 1 heterocycles. The summed E-state index contributed by atoms with van der Waals surface area (Å²) in [5, 5.41) is 0. The van der Waals surface area contributed by atoms with Crippen LogP contribution in [0.25, 0.3) is 11.0 Å². The lowest BCUT2D eigenvalue weighted by molar-refractivity contribution is 0.303. The normalized spacial score (nSPS) is 11.3. The van der Waals surface area contributed by atoms with Gasteiger partial charge in [0.2, 0.25) is 0 Å². The zero-order chi connectivity index (χ0) is 16.1. The van der Waals surface area contributed by atoms with Crippen LogP contribution in [0.15, 0.2) is 54.9 Å². The van der Waals surface area contributed by atoms with Crippen LogP contribution in [0, 0.1) is 0 Å². The second kappa shape index (κ2) is 7.32. The van der Waals surface area contributed by atoms with Crippen molar-refractivity contribution in [3.8, 4) is 5.75 Å². The maximum Gasteiger partial charge on any atom is 0.119 e. The monoisotopic (exact) mass is 308 g/mol. The molecule has 0 aliphatic carbocycles. The Morgan fingerprint density at radius 2 is 1.78 bits per heavy atom. The molecule has 0 atom stereocenters. The molecule has 3 rings (SSSR count). The van der Waals surface area contributed by atoms with Gasteiger partial charge in [0, 0.05) is 6.54 Å². The third-order valence-electron chi connectivity index (χ3n) is 4.14. The molecule has 23 heavy (non-hydrogen) atoms.